The Hall–Kier alpha value is -1.72. The molecule has 1 aromatic carbocycles. The summed E-state index contributed by atoms with van der Waals surface area (Å²) in [6.45, 7) is 0. The van der Waals surface area contributed by atoms with E-state index in [-0.39, 0.29) is 5.69 Å². The Morgan fingerprint density at radius 2 is 2.14 bits per heavy atom. The fourth-order valence-corrected chi connectivity index (χ4v) is 0.840. The molecule has 1 rings (SSSR count). The first kappa shape index (κ1) is 8.86. The predicted octanol–water partition coefficient (Wildman–Crippen LogP) is 2.20. The van der Waals surface area contributed by atoms with E-state index in [9.17, 15) is 18.0 Å². The van der Waals surface area contributed by atoms with Gasteiger partial charge in [0.2, 0.25) is 0 Å². The van der Waals surface area contributed by atoms with Gasteiger partial charge in [0.05, 0.1) is 6.93 Å². The zero-order chi connectivity index (χ0) is 11.6. The number of urea groups is 1. The van der Waals surface area contributed by atoms with Gasteiger partial charge in [0, 0.05) is 5.69 Å². The Kier molecular flexibility index (Phi) is 2.26. The van der Waals surface area contributed by atoms with Crippen molar-refractivity contribution in [2.45, 2.75) is 6.18 Å². The first-order valence-electron chi connectivity index (χ1n) is 4.05. The second-order valence-corrected chi connectivity index (χ2v) is 2.47. The number of alkyl halides is 3. The van der Waals surface area contributed by atoms with Crippen molar-refractivity contribution in [2.75, 3.05) is 5.32 Å². The summed E-state index contributed by atoms with van der Waals surface area (Å²) in [5.74, 6) is 0. The lowest BCUT2D eigenvalue weighted by molar-refractivity contribution is -0.137. The van der Waals surface area contributed by atoms with Crippen molar-refractivity contribution in [3.05, 3.63) is 29.8 Å². The van der Waals surface area contributed by atoms with Crippen LogP contribution in [0, 0.1) is 0 Å². The molecule has 0 fully saturated rings. The number of primary amides is 1. The third kappa shape index (κ3) is 2.65. The largest absolute Gasteiger partial charge is 0.416 e. The minimum absolute atomic E-state index is 0.266. The number of carbonyl (C=O) groups excluding carboxylic acids is 1. The van der Waals surface area contributed by atoms with Crippen LogP contribution in [-0.4, -0.2) is 6.03 Å². The van der Waals surface area contributed by atoms with E-state index in [1.807, 2.05) is 5.32 Å². The summed E-state index contributed by atoms with van der Waals surface area (Å²) >= 11 is 0. The summed E-state index contributed by atoms with van der Waals surface area (Å²) in [5, 5.41) is 1.94. The van der Waals surface area contributed by atoms with Crippen molar-refractivity contribution in [1.82, 2.24) is 0 Å². The summed E-state index contributed by atoms with van der Waals surface area (Å²) in [4.78, 5) is 10.4. The fourth-order valence-electron chi connectivity index (χ4n) is 0.840. The second kappa shape index (κ2) is 3.57. The van der Waals surface area contributed by atoms with Crippen LogP contribution in [0.1, 0.15) is 6.93 Å². The van der Waals surface area contributed by atoms with E-state index in [1.165, 1.54) is 6.07 Å². The molecule has 0 spiro atoms. The van der Waals surface area contributed by atoms with Crippen LogP contribution in [0.2, 0.25) is 0 Å². The number of hydrogen-bond donors (Lipinski definition) is 2. The van der Waals surface area contributed by atoms with E-state index < -0.39 is 23.8 Å². The van der Waals surface area contributed by atoms with Crippen LogP contribution in [0.4, 0.5) is 23.7 Å². The van der Waals surface area contributed by atoms with Gasteiger partial charge in [-0.05, 0) is 18.2 Å². The van der Waals surface area contributed by atoms with E-state index in [0.717, 1.165) is 12.1 Å². The van der Waals surface area contributed by atoms with Crippen molar-refractivity contribution < 1.29 is 19.3 Å². The maximum absolute atomic E-state index is 12.3. The standard InChI is InChI=1S/C8H7F3N2O/c9-8(10,11)5-2-1-3-6(4-5)13-7(12)14/h1-4H,(H3,12,13,14)/i4D. The average molecular weight is 205 g/mol. The summed E-state index contributed by atoms with van der Waals surface area (Å²) in [7, 11) is 0. The maximum atomic E-state index is 12.3. The number of carbonyl (C=O) groups is 1. The molecular formula is C8H7F3N2O. The van der Waals surface area contributed by atoms with Gasteiger partial charge in [0.15, 0.2) is 0 Å². The fraction of sp³-hybridized carbons (Fsp3) is 0.125. The molecule has 0 heterocycles. The molecule has 0 aliphatic rings. The molecular weight excluding hydrogens is 197 g/mol. The smallest absolute Gasteiger partial charge is 0.351 e. The molecule has 0 saturated heterocycles. The topological polar surface area (TPSA) is 55.1 Å². The molecule has 0 radical (unpaired) electrons. The molecule has 0 aliphatic heterocycles. The van der Waals surface area contributed by atoms with E-state index in [0.29, 0.717) is 0 Å². The molecule has 3 nitrogen and oxygen atoms in total. The van der Waals surface area contributed by atoms with Gasteiger partial charge < -0.3 is 11.1 Å². The van der Waals surface area contributed by atoms with Gasteiger partial charge in [-0.15, -0.1) is 0 Å². The Morgan fingerprint density at radius 3 is 2.64 bits per heavy atom. The van der Waals surface area contributed by atoms with E-state index in [2.05, 4.69) is 0 Å². The number of amides is 2. The minimum atomic E-state index is -4.62. The summed E-state index contributed by atoms with van der Waals surface area (Å²) < 4.78 is 44.1. The van der Waals surface area contributed by atoms with Crippen LogP contribution in [0.25, 0.3) is 0 Å². The van der Waals surface area contributed by atoms with E-state index in [4.69, 9.17) is 7.10 Å². The first-order valence-corrected chi connectivity index (χ1v) is 3.55. The van der Waals surface area contributed by atoms with Crippen LogP contribution in [-0.2, 0) is 6.18 Å². The molecule has 0 unspecified atom stereocenters. The predicted molar refractivity (Wildman–Crippen MR) is 44.7 cm³/mol. The van der Waals surface area contributed by atoms with Crippen molar-refractivity contribution in [2.24, 2.45) is 5.73 Å². The van der Waals surface area contributed by atoms with Gasteiger partial charge in [-0.25, -0.2) is 4.79 Å². The third-order valence-corrected chi connectivity index (χ3v) is 1.36. The van der Waals surface area contributed by atoms with Gasteiger partial charge in [-0.2, -0.15) is 13.2 Å². The van der Waals surface area contributed by atoms with E-state index >= 15 is 0 Å². The quantitative estimate of drug-likeness (QED) is 0.725. The Labute approximate surface area is 79.1 Å². The monoisotopic (exact) mass is 205 g/mol. The van der Waals surface area contributed by atoms with Crippen LogP contribution < -0.4 is 11.1 Å². The van der Waals surface area contributed by atoms with Gasteiger partial charge in [0.1, 0.15) is 0 Å². The first-order chi connectivity index (χ1) is 6.82. The number of benzene rings is 1. The average Bonchev–Trinajstić information content (AvgIpc) is 2.05. The van der Waals surface area contributed by atoms with Gasteiger partial charge in [0.25, 0.3) is 0 Å². The second-order valence-electron chi connectivity index (χ2n) is 2.47. The van der Waals surface area contributed by atoms with Crippen LogP contribution >= 0.6 is 0 Å². The molecule has 0 aliphatic carbocycles. The third-order valence-electron chi connectivity index (χ3n) is 1.36. The number of nitrogens with one attached hydrogen (secondary N) is 1. The molecule has 14 heavy (non-hydrogen) atoms. The van der Waals surface area contributed by atoms with Gasteiger partial charge >= 0.3 is 12.2 Å². The maximum Gasteiger partial charge on any atom is 0.416 e. The molecule has 1 aromatic rings. The Balaban J connectivity index is 3.17. The Bertz CT molecular complexity index is 392. The van der Waals surface area contributed by atoms with Crippen LogP contribution in [0.3, 0.4) is 0 Å². The zero-order valence-electron chi connectivity index (χ0n) is 7.85. The van der Waals surface area contributed by atoms with Crippen molar-refractivity contribution in [3.63, 3.8) is 0 Å². The molecule has 2 amide bonds. The number of hydrogen-bond acceptors (Lipinski definition) is 1. The summed E-state index contributed by atoms with van der Waals surface area (Å²) in [6.07, 6.45) is -4.62. The summed E-state index contributed by atoms with van der Waals surface area (Å²) in [6, 6.07) is 1.20. The normalized spacial score (nSPS) is 12.1. The van der Waals surface area contributed by atoms with Gasteiger partial charge in [-0.3, -0.25) is 0 Å². The van der Waals surface area contributed by atoms with Crippen LogP contribution in [0.5, 0.6) is 0 Å². The van der Waals surface area contributed by atoms with Gasteiger partial charge in [-0.1, -0.05) is 6.07 Å². The summed E-state index contributed by atoms with van der Waals surface area (Å²) in [5.41, 5.74) is 3.35. The number of anilines is 1. The van der Waals surface area contributed by atoms with Crippen LogP contribution in [0.15, 0.2) is 24.2 Å². The Morgan fingerprint density at radius 1 is 1.50 bits per heavy atom. The number of nitrogens with two attached hydrogens (primary N) is 1. The lowest BCUT2D eigenvalue weighted by Gasteiger charge is -2.08. The molecule has 76 valence electrons. The SMILES string of the molecule is [2H]c1c(NC(N)=O)cccc1C(F)(F)F. The molecule has 3 N–H and O–H groups in total. The zero-order valence-corrected chi connectivity index (χ0v) is 6.85. The molecule has 0 saturated carbocycles. The lowest BCUT2D eigenvalue weighted by atomic mass is 10.2. The molecule has 0 atom stereocenters. The van der Waals surface area contributed by atoms with Crippen molar-refractivity contribution >= 4 is 11.7 Å². The highest BCUT2D eigenvalue weighted by molar-refractivity contribution is 5.87. The highest BCUT2D eigenvalue weighted by atomic mass is 19.4. The highest BCUT2D eigenvalue weighted by Crippen LogP contribution is 2.30. The molecule has 6 heteroatoms. The van der Waals surface area contributed by atoms with Crippen molar-refractivity contribution in [1.29, 1.82) is 0 Å². The lowest BCUT2D eigenvalue weighted by Crippen LogP contribution is -2.19. The van der Waals surface area contributed by atoms with E-state index in [1.54, 1.807) is 0 Å². The van der Waals surface area contributed by atoms with Crippen molar-refractivity contribution in [3.8, 4) is 0 Å². The minimum Gasteiger partial charge on any atom is -0.351 e. The number of halogens is 3. The highest BCUT2D eigenvalue weighted by Gasteiger charge is 2.30. The molecule has 0 aromatic heterocycles. The molecule has 0 bridgehead atoms. The number of rotatable bonds is 1.